The molecule has 1 aliphatic rings. The van der Waals surface area contributed by atoms with Gasteiger partial charge in [0.25, 0.3) is 0 Å². The van der Waals surface area contributed by atoms with Gasteiger partial charge in [0.05, 0.1) is 7.11 Å². The Hall–Kier alpha value is -0.570. The van der Waals surface area contributed by atoms with Gasteiger partial charge in [-0.05, 0) is 37.1 Å². The van der Waals surface area contributed by atoms with Gasteiger partial charge in [0, 0.05) is 0 Å². The first-order valence-electron chi connectivity index (χ1n) is 6.85. The fourth-order valence-corrected chi connectivity index (χ4v) is 2.55. The van der Waals surface area contributed by atoms with Crippen molar-refractivity contribution in [2.75, 3.05) is 13.7 Å². The van der Waals surface area contributed by atoms with Crippen molar-refractivity contribution < 1.29 is 9.53 Å². The van der Waals surface area contributed by atoms with Crippen LogP contribution >= 0.6 is 0 Å². The van der Waals surface area contributed by atoms with Gasteiger partial charge < -0.3 is 10.1 Å². The Morgan fingerprint density at radius 2 is 1.88 bits per heavy atom. The molecule has 0 amide bonds. The van der Waals surface area contributed by atoms with Crippen molar-refractivity contribution >= 4 is 5.97 Å². The molecule has 3 nitrogen and oxygen atoms in total. The first-order valence-corrected chi connectivity index (χ1v) is 6.85. The van der Waals surface area contributed by atoms with E-state index in [4.69, 9.17) is 4.74 Å². The van der Waals surface area contributed by atoms with E-state index in [1.165, 1.54) is 32.8 Å². The van der Waals surface area contributed by atoms with Crippen molar-refractivity contribution in [3.63, 3.8) is 0 Å². The number of rotatable bonds is 5. The van der Waals surface area contributed by atoms with Crippen LogP contribution in [-0.4, -0.2) is 25.7 Å². The summed E-state index contributed by atoms with van der Waals surface area (Å²) in [5.41, 5.74) is 0. The van der Waals surface area contributed by atoms with Crippen molar-refractivity contribution in [3.8, 4) is 0 Å². The smallest absolute Gasteiger partial charge is 0.323 e. The Bertz CT molecular complexity index is 232. The zero-order chi connectivity index (χ0) is 12.8. The zero-order valence-corrected chi connectivity index (χ0v) is 11.7. The van der Waals surface area contributed by atoms with Gasteiger partial charge in [-0.1, -0.05) is 33.6 Å². The average Bonchev–Trinajstić information content (AvgIpc) is 2.31. The Kier molecular flexibility index (Phi) is 5.96. The molecule has 1 aliphatic carbocycles. The molecular formula is C14H27NO2. The predicted molar refractivity (Wildman–Crippen MR) is 69.8 cm³/mol. The molecule has 0 bridgehead atoms. The highest BCUT2D eigenvalue weighted by atomic mass is 16.5. The largest absolute Gasteiger partial charge is 0.468 e. The quantitative estimate of drug-likeness (QED) is 0.752. The fourth-order valence-electron chi connectivity index (χ4n) is 2.55. The lowest BCUT2D eigenvalue weighted by Gasteiger charge is -2.28. The van der Waals surface area contributed by atoms with Gasteiger partial charge in [-0.2, -0.15) is 0 Å². The summed E-state index contributed by atoms with van der Waals surface area (Å²) in [6, 6.07) is -0.153. The van der Waals surface area contributed by atoms with Crippen molar-refractivity contribution in [1.82, 2.24) is 5.32 Å². The Morgan fingerprint density at radius 3 is 2.35 bits per heavy atom. The van der Waals surface area contributed by atoms with E-state index in [2.05, 4.69) is 26.1 Å². The van der Waals surface area contributed by atoms with E-state index in [0.29, 0.717) is 0 Å². The minimum absolute atomic E-state index is 0.135. The van der Waals surface area contributed by atoms with Crippen LogP contribution in [0.3, 0.4) is 0 Å². The van der Waals surface area contributed by atoms with Crippen LogP contribution in [0.1, 0.15) is 46.5 Å². The summed E-state index contributed by atoms with van der Waals surface area (Å²) in [5, 5.41) is 3.38. The van der Waals surface area contributed by atoms with Gasteiger partial charge in [0.2, 0.25) is 0 Å². The molecule has 0 aromatic carbocycles. The number of hydrogen-bond acceptors (Lipinski definition) is 3. The molecule has 1 unspecified atom stereocenters. The highest BCUT2D eigenvalue weighted by Crippen LogP contribution is 2.27. The molecule has 0 aliphatic heterocycles. The van der Waals surface area contributed by atoms with E-state index < -0.39 is 0 Å². The summed E-state index contributed by atoms with van der Waals surface area (Å²) in [5.74, 6) is 1.76. The van der Waals surface area contributed by atoms with Gasteiger partial charge in [-0.15, -0.1) is 0 Å². The van der Waals surface area contributed by atoms with E-state index in [0.717, 1.165) is 18.4 Å². The van der Waals surface area contributed by atoms with E-state index in [1.54, 1.807) is 0 Å². The van der Waals surface area contributed by atoms with Crippen molar-refractivity contribution in [3.05, 3.63) is 0 Å². The van der Waals surface area contributed by atoms with Crippen LogP contribution in [-0.2, 0) is 9.53 Å². The summed E-state index contributed by atoms with van der Waals surface area (Å²) in [7, 11) is 1.46. The minimum atomic E-state index is -0.153. The first-order chi connectivity index (χ1) is 8.04. The molecule has 0 aromatic rings. The Labute approximate surface area is 105 Å². The zero-order valence-electron chi connectivity index (χ0n) is 11.7. The summed E-state index contributed by atoms with van der Waals surface area (Å²) in [4.78, 5) is 11.6. The number of ether oxygens (including phenoxy) is 1. The maximum Gasteiger partial charge on any atom is 0.323 e. The number of carbonyl (C=O) groups is 1. The first kappa shape index (κ1) is 14.5. The van der Waals surface area contributed by atoms with Crippen molar-refractivity contribution in [2.45, 2.75) is 52.5 Å². The van der Waals surface area contributed by atoms with Crippen molar-refractivity contribution in [1.29, 1.82) is 0 Å². The number of nitrogens with one attached hydrogen (secondary N) is 1. The molecule has 0 saturated heterocycles. The molecule has 0 heterocycles. The predicted octanol–water partition coefficient (Wildman–Crippen LogP) is 2.60. The molecule has 17 heavy (non-hydrogen) atoms. The van der Waals surface area contributed by atoms with Gasteiger partial charge in [0.15, 0.2) is 0 Å². The Morgan fingerprint density at radius 1 is 1.29 bits per heavy atom. The SMILES string of the molecule is COC(=O)C(NCC1CCC(C)CC1)C(C)C. The average molecular weight is 241 g/mol. The molecule has 1 atom stereocenters. The molecule has 3 heteroatoms. The number of hydrogen-bond donors (Lipinski definition) is 1. The second-order valence-corrected chi connectivity index (χ2v) is 5.78. The molecule has 0 spiro atoms. The summed E-state index contributed by atoms with van der Waals surface area (Å²) < 4.78 is 4.83. The summed E-state index contributed by atoms with van der Waals surface area (Å²) >= 11 is 0. The third-order valence-electron chi connectivity index (χ3n) is 3.88. The van der Waals surface area contributed by atoms with Crippen LogP contribution in [0.2, 0.25) is 0 Å². The lowest BCUT2D eigenvalue weighted by Crippen LogP contribution is -2.44. The minimum Gasteiger partial charge on any atom is -0.468 e. The second kappa shape index (κ2) is 7.00. The van der Waals surface area contributed by atoms with E-state index in [9.17, 15) is 4.79 Å². The lowest BCUT2D eigenvalue weighted by atomic mass is 9.83. The summed E-state index contributed by atoms with van der Waals surface area (Å²) in [6.07, 6.45) is 5.24. The standard InChI is InChI=1S/C14H27NO2/c1-10(2)13(14(16)17-4)15-9-12-7-5-11(3)6-8-12/h10-13,15H,5-9H2,1-4H3. The number of esters is 1. The highest BCUT2D eigenvalue weighted by molar-refractivity contribution is 5.75. The second-order valence-electron chi connectivity index (χ2n) is 5.78. The maximum atomic E-state index is 11.6. The molecular weight excluding hydrogens is 214 g/mol. The summed E-state index contributed by atoms with van der Waals surface area (Å²) in [6.45, 7) is 7.38. The molecule has 0 aromatic heterocycles. The molecule has 0 radical (unpaired) electrons. The van der Waals surface area contributed by atoms with E-state index in [-0.39, 0.29) is 17.9 Å². The van der Waals surface area contributed by atoms with E-state index >= 15 is 0 Å². The third-order valence-corrected chi connectivity index (χ3v) is 3.88. The van der Waals surface area contributed by atoms with Crippen LogP contribution < -0.4 is 5.32 Å². The van der Waals surface area contributed by atoms with Gasteiger partial charge in [-0.25, -0.2) is 0 Å². The monoisotopic (exact) mass is 241 g/mol. The number of methoxy groups -OCH3 is 1. The van der Waals surface area contributed by atoms with Gasteiger partial charge in [0.1, 0.15) is 6.04 Å². The highest BCUT2D eigenvalue weighted by Gasteiger charge is 2.25. The van der Waals surface area contributed by atoms with Crippen LogP contribution in [0.4, 0.5) is 0 Å². The molecule has 1 fully saturated rings. The van der Waals surface area contributed by atoms with E-state index in [1.807, 2.05) is 0 Å². The Balaban J connectivity index is 2.34. The molecule has 1 rings (SSSR count). The topological polar surface area (TPSA) is 38.3 Å². The van der Waals surface area contributed by atoms with Crippen LogP contribution in [0.15, 0.2) is 0 Å². The van der Waals surface area contributed by atoms with Crippen LogP contribution in [0.25, 0.3) is 0 Å². The molecule has 1 saturated carbocycles. The van der Waals surface area contributed by atoms with Crippen molar-refractivity contribution in [2.24, 2.45) is 17.8 Å². The lowest BCUT2D eigenvalue weighted by molar-refractivity contribution is -0.144. The fraction of sp³-hybridized carbons (Fsp3) is 0.929. The maximum absolute atomic E-state index is 11.6. The molecule has 100 valence electrons. The van der Waals surface area contributed by atoms with Crippen LogP contribution in [0.5, 0.6) is 0 Å². The van der Waals surface area contributed by atoms with Crippen LogP contribution in [0, 0.1) is 17.8 Å². The molecule has 1 N–H and O–H groups in total. The van der Waals surface area contributed by atoms with Gasteiger partial charge >= 0.3 is 5.97 Å². The third kappa shape index (κ3) is 4.66. The van der Waals surface area contributed by atoms with Gasteiger partial charge in [-0.3, -0.25) is 4.79 Å². The number of carbonyl (C=O) groups excluding carboxylic acids is 1. The normalized spacial score (nSPS) is 26.9.